The van der Waals surface area contributed by atoms with Crippen LogP contribution < -0.4 is 0 Å². The highest BCUT2D eigenvalue weighted by molar-refractivity contribution is 5.89. The molecule has 0 heterocycles. The average molecular weight is 140 g/mol. The monoisotopic (exact) mass is 140 g/mol. The number of rotatable bonds is 5. The summed E-state index contributed by atoms with van der Waals surface area (Å²) in [5.74, 6) is 0.0874. The van der Waals surface area contributed by atoms with E-state index in [-0.39, 0.29) is 5.78 Å². The third kappa shape index (κ3) is 5.09. The summed E-state index contributed by atoms with van der Waals surface area (Å²) in [7, 11) is 0. The van der Waals surface area contributed by atoms with Crippen LogP contribution in [0.25, 0.3) is 0 Å². The third-order valence-corrected chi connectivity index (χ3v) is 0.925. The van der Waals surface area contributed by atoms with Gasteiger partial charge in [0.05, 0.1) is 12.5 Å². The van der Waals surface area contributed by atoms with E-state index in [1.54, 1.807) is 0 Å². The Balaban J connectivity index is 3.45. The lowest BCUT2D eigenvalue weighted by Crippen LogP contribution is -1.89. The fourth-order valence-electron chi connectivity index (χ4n) is 0.500. The van der Waals surface area contributed by atoms with Gasteiger partial charge in [0.15, 0.2) is 5.78 Å². The lowest BCUT2D eigenvalue weighted by molar-refractivity contribution is -0.114. The van der Waals surface area contributed by atoms with Gasteiger partial charge in [-0.15, -0.1) is 0 Å². The lowest BCUT2D eigenvalue weighted by Gasteiger charge is -1.88. The number of ketones is 1. The molecule has 0 saturated heterocycles. The number of ether oxygens (including phenoxy) is 1. The number of hydrogen-bond acceptors (Lipinski definition) is 2. The van der Waals surface area contributed by atoms with Crippen LogP contribution in [0, 0.1) is 0 Å². The molecule has 56 valence electrons. The highest BCUT2D eigenvalue weighted by atomic mass is 16.5. The van der Waals surface area contributed by atoms with E-state index in [2.05, 4.69) is 11.3 Å². The zero-order valence-electron chi connectivity index (χ0n) is 6.17. The SMILES string of the molecule is C=COC=CC(=O)CCC. The van der Waals surface area contributed by atoms with Gasteiger partial charge in [0.1, 0.15) is 0 Å². The standard InChI is InChI=1S/C8H12O2/c1-3-5-8(9)6-7-10-4-2/h4,6-7H,2-3,5H2,1H3. The van der Waals surface area contributed by atoms with Gasteiger partial charge in [0, 0.05) is 12.5 Å². The molecule has 0 aromatic rings. The maximum atomic E-state index is 10.7. The van der Waals surface area contributed by atoms with Crippen molar-refractivity contribution in [3.8, 4) is 0 Å². The van der Waals surface area contributed by atoms with Crippen molar-refractivity contribution in [1.82, 2.24) is 0 Å². The predicted octanol–water partition coefficient (Wildman–Crippen LogP) is 2.03. The zero-order valence-corrected chi connectivity index (χ0v) is 6.17. The third-order valence-electron chi connectivity index (χ3n) is 0.925. The summed E-state index contributed by atoms with van der Waals surface area (Å²) in [6.07, 6.45) is 5.47. The Kier molecular flexibility index (Phi) is 5.44. The molecule has 0 aromatic heterocycles. The molecule has 0 rings (SSSR count). The van der Waals surface area contributed by atoms with Crippen LogP contribution >= 0.6 is 0 Å². The Bertz CT molecular complexity index is 136. The van der Waals surface area contributed by atoms with Gasteiger partial charge in [-0.05, 0) is 6.42 Å². The maximum absolute atomic E-state index is 10.7. The molecule has 0 aliphatic rings. The van der Waals surface area contributed by atoms with Crippen LogP contribution in [0.2, 0.25) is 0 Å². The molecule has 0 unspecified atom stereocenters. The van der Waals surface area contributed by atoms with Crippen LogP contribution in [-0.4, -0.2) is 5.78 Å². The Morgan fingerprint density at radius 1 is 1.70 bits per heavy atom. The van der Waals surface area contributed by atoms with Gasteiger partial charge < -0.3 is 4.74 Å². The van der Waals surface area contributed by atoms with E-state index in [1.165, 1.54) is 18.6 Å². The molecule has 2 nitrogen and oxygen atoms in total. The van der Waals surface area contributed by atoms with Gasteiger partial charge >= 0.3 is 0 Å². The molecule has 0 aromatic carbocycles. The highest BCUT2D eigenvalue weighted by Crippen LogP contribution is 1.90. The van der Waals surface area contributed by atoms with E-state index in [4.69, 9.17) is 0 Å². The molecule has 0 saturated carbocycles. The van der Waals surface area contributed by atoms with Crippen molar-refractivity contribution < 1.29 is 9.53 Å². The molecule has 2 heteroatoms. The van der Waals surface area contributed by atoms with E-state index in [1.807, 2.05) is 6.92 Å². The second-order valence-electron chi connectivity index (χ2n) is 1.82. The number of carbonyl (C=O) groups is 1. The molecule has 0 N–H and O–H groups in total. The molecule has 0 radical (unpaired) electrons. The average Bonchev–Trinajstić information content (AvgIpc) is 1.89. The van der Waals surface area contributed by atoms with Crippen LogP contribution in [0.15, 0.2) is 25.2 Å². The van der Waals surface area contributed by atoms with Crippen molar-refractivity contribution in [3.63, 3.8) is 0 Å². The Morgan fingerprint density at radius 3 is 2.90 bits per heavy atom. The van der Waals surface area contributed by atoms with Crippen molar-refractivity contribution in [3.05, 3.63) is 25.2 Å². The van der Waals surface area contributed by atoms with Gasteiger partial charge in [0.2, 0.25) is 0 Å². The summed E-state index contributed by atoms with van der Waals surface area (Å²) in [6.45, 7) is 5.28. The molecule has 0 bridgehead atoms. The first-order valence-corrected chi connectivity index (χ1v) is 3.27. The fraction of sp³-hybridized carbons (Fsp3) is 0.375. The largest absolute Gasteiger partial charge is 0.473 e. The van der Waals surface area contributed by atoms with E-state index < -0.39 is 0 Å². The second kappa shape index (κ2) is 6.08. The van der Waals surface area contributed by atoms with Crippen LogP contribution in [0.1, 0.15) is 19.8 Å². The Labute approximate surface area is 61.2 Å². The minimum atomic E-state index is 0.0874. The molecule has 0 aliphatic carbocycles. The Hall–Kier alpha value is -1.05. The maximum Gasteiger partial charge on any atom is 0.158 e. The number of carbonyl (C=O) groups excluding carboxylic acids is 1. The van der Waals surface area contributed by atoms with Crippen LogP contribution in [0.5, 0.6) is 0 Å². The Morgan fingerprint density at radius 2 is 2.40 bits per heavy atom. The number of hydrogen-bond donors (Lipinski definition) is 0. The van der Waals surface area contributed by atoms with Gasteiger partial charge in [-0.2, -0.15) is 0 Å². The molecular weight excluding hydrogens is 128 g/mol. The van der Waals surface area contributed by atoms with Crippen molar-refractivity contribution >= 4 is 5.78 Å². The lowest BCUT2D eigenvalue weighted by atomic mass is 10.2. The van der Waals surface area contributed by atoms with Crippen LogP contribution in [0.4, 0.5) is 0 Å². The van der Waals surface area contributed by atoms with Gasteiger partial charge in [-0.25, -0.2) is 0 Å². The summed E-state index contributed by atoms with van der Waals surface area (Å²) < 4.78 is 4.61. The van der Waals surface area contributed by atoms with E-state index in [0.29, 0.717) is 6.42 Å². The first-order chi connectivity index (χ1) is 4.81. The van der Waals surface area contributed by atoms with Crippen molar-refractivity contribution in [2.75, 3.05) is 0 Å². The summed E-state index contributed by atoms with van der Waals surface area (Å²) >= 11 is 0. The molecule has 10 heavy (non-hydrogen) atoms. The quantitative estimate of drug-likeness (QED) is 0.431. The second-order valence-corrected chi connectivity index (χ2v) is 1.82. The van der Waals surface area contributed by atoms with E-state index >= 15 is 0 Å². The summed E-state index contributed by atoms with van der Waals surface area (Å²) in [6, 6.07) is 0. The smallest absolute Gasteiger partial charge is 0.158 e. The summed E-state index contributed by atoms with van der Waals surface area (Å²) in [5, 5.41) is 0. The summed E-state index contributed by atoms with van der Waals surface area (Å²) in [4.78, 5) is 10.7. The van der Waals surface area contributed by atoms with Crippen molar-refractivity contribution in [1.29, 1.82) is 0 Å². The van der Waals surface area contributed by atoms with Crippen LogP contribution in [0.3, 0.4) is 0 Å². The van der Waals surface area contributed by atoms with Crippen molar-refractivity contribution in [2.24, 2.45) is 0 Å². The highest BCUT2D eigenvalue weighted by Gasteiger charge is 1.90. The fourth-order valence-corrected chi connectivity index (χ4v) is 0.500. The topological polar surface area (TPSA) is 26.3 Å². The molecule has 0 amide bonds. The van der Waals surface area contributed by atoms with Gasteiger partial charge in [-0.1, -0.05) is 13.5 Å². The summed E-state index contributed by atoms with van der Waals surface area (Å²) in [5.41, 5.74) is 0. The first-order valence-electron chi connectivity index (χ1n) is 3.27. The zero-order chi connectivity index (χ0) is 7.82. The normalized spacial score (nSPS) is 9.70. The van der Waals surface area contributed by atoms with Gasteiger partial charge in [0.25, 0.3) is 0 Å². The minimum absolute atomic E-state index is 0.0874. The molecule has 0 spiro atoms. The first kappa shape index (κ1) is 8.95. The molecule has 0 fully saturated rings. The minimum Gasteiger partial charge on any atom is -0.473 e. The molecule has 0 aliphatic heterocycles. The van der Waals surface area contributed by atoms with Crippen LogP contribution in [-0.2, 0) is 9.53 Å². The van der Waals surface area contributed by atoms with E-state index in [9.17, 15) is 4.79 Å². The van der Waals surface area contributed by atoms with Gasteiger partial charge in [-0.3, -0.25) is 4.79 Å². The molecule has 0 atom stereocenters. The van der Waals surface area contributed by atoms with E-state index in [0.717, 1.165) is 6.42 Å². The molecular formula is C8H12O2. The predicted molar refractivity (Wildman–Crippen MR) is 40.3 cm³/mol. The van der Waals surface area contributed by atoms with Crippen molar-refractivity contribution in [2.45, 2.75) is 19.8 Å². The number of allylic oxidation sites excluding steroid dienone is 1.